The van der Waals surface area contributed by atoms with Crippen molar-refractivity contribution >= 4 is 0 Å². The lowest BCUT2D eigenvalue weighted by Crippen LogP contribution is -2.42. The summed E-state index contributed by atoms with van der Waals surface area (Å²) >= 11 is 0. The van der Waals surface area contributed by atoms with Crippen LogP contribution in [0.25, 0.3) is 0 Å². The van der Waals surface area contributed by atoms with Crippen molar-refractivity contribution in [2.24, 2.45) is 0 Å². The number of aliphatic hydroxyl groups excluding tert-OH is 1. The van der Waals surface area contributed by atoms with Crippen LogP contribution in [0.15, 0.2) is 24.3 Å². The molecule has 1 fully saturated rings. The van der Waals surface area contributed by atoms with Crippen LogP contribution in [0.2, 0.25) is 0 Å². The molecule has 2 unspecified atom stereocenters. The van der Waals surface area contributed by atoms with Gasteiger partial charge in [-0.25, -0.2) is 0 Å². The molecule has 0 amide bonds. The SMILES string of the molecule is CCOc1ccccc1C(O)CN1CCOC(C)C1. The van der Waals surface area contributed by atoms with Crippen LogP contribution in [0.1, 0.15) is 25.5 Å². The van der Waals surface area contributed by atoms with Gasteiger partial charge in [0.2, 0.25) is 0 Å². The molecule has 19 heavy (non-hydrogen) atoms. The van der Waals surface area contributed by atoms with E-state index in [0.29, 0.717) is 13.2 Å². The molecule has 106 valence electrons. The number of hydrogen-bond donors (Lipinski definition) is 1. The Bertz CT molecular complexity index is 397. The second-order valence-corrected chi connectivity index (χ2v) is 4.93. The van der Waals surface area contributed by atoms with E-state index in [4.69, 9.17) is 9.47 Å². The fourth-order valence-electron chi connectivity index (χ4n) is 2.44. The molecule has 2 atom stereocenters. The van der Waals surface area contributed by atoms with E-state index in [0.717, 1.165) is 31.0 Å². The number of para-hydroxylation sites is 1. The molecule has 1 N–H and O–H groups in total. The van der Waals surface area contributed by atoms with Gasteiger partial charge in [-0.2, -0.15) is 0 Å². The number of ether oxygens (including phenoxy) is 2. The quantitative estimate of drug-likeness (QED) is 0.882. The van der Waals surface area contributed by atoms with Gasteiger partial charge in [-0.05, 0) is 19.9 Å². The highest BCUT2D eigenvalue weighted by Gasteiger charge is 2.21. The van der Waals surface area contributed by atoms with Gasteiger partial charge in [-0.1, -0.05) is 18.2 Å². The number of β-amino-alcohol motifs (C(OH)–C–C–N with tert-alkyl or cyclic N) is 1. The minimum atomic E-state index is -0.520. The molecular weight excluding hydrogens is 242 g/mol. The number of aliphatic hydroxyl groups is 1. The molecule has 0 saturated carbocycles. The molecule has 0 spiro atoms. The average molecular weight is 265 g/mol. The highest BCUT2D eigenvalue weighted by Crippen LogP contribution is 2.26. The Balaban J connectivity index is 2.00. The minimum absolute atomic E-state index is 0.239. The van der Waals surface area contributed by atoms with Gasteiger partial charge in [0.1, 0.15) is 5.75 Å². The maximum Gasteiger partial charge on any atom is 0.125 e. The van der Waals surface area contributed by atoms with E-state index in [1.807, 2.05) is 31.2 Å². The van der Waals surface area contributed by atoms with Crippen molar-refractivity contribution in [2.75, 3.05) is 32.8 Å². The van der Waals surface area contributed by atoms with Crippen LogP contribution >= 0.6 is 0 Å². The highest BCUT2D eigenvalue weighted by molar-refractivity contribution is 5.35. The number of benzene rings is 1. The van der Waals surface area contributed by atoms with Gasteiger partial charge >= 0.3 is 0 Å². The van der Waals surface area contributed by atoms with Crippen molar-refractivity contribution in [3.8, 4) is 5.75 Å². The fourth-order valence-corrected chi connectivity index (χ4v) is 2.44. The zero-order valence-electron chi connectivity index (χ0n) is 11.7. The predicted octanol–water partition coefficient (Wildman–Crippen LogP) is 1.84. The van der Waals surface area contributed by atoms with E-state index >= 15 is 0 Å². The summed E-state index contributed by atoms with van der Waals surface area (Å²) in [6.45, 7) is 7.72. The lowest BCUT2D eigenvalue weighted by atomic mass is 10.1. The molecule has 1 aromatic carbocycles. The summed E-state index contributed by atoms with van der Waals surface area (Å²) in [5, 5.41) is 10.4. The maximum absolute atomic E-state index is 10.4. The molecule has 4 nitrogen and oxygen atoms in total. The maximum atomic E-state index is 10.4. The first-order valence-corrected chi connectivity index (χ1v) is 6.94. The lowest BCUT2D eigenvalue weighted by molar-refractivity contribution is -0.0321. The fraction of sp³-hybridized carbons (Fsp3) is 0.600. The Labute approximate surface area is 114 Å². The lowest BCUT2D eigenvalue weighted by Gasteiger charge is -2.32. The van der Waals surface area contributed by atoms with Crippen LogP contribution in [0.3, 0.4) is 0 Å². The Kier molecular flexibility index (Phi) is 5.19. The van der Waals surface area contributed by atoms with Gasteiger partial charge < -0.3 is 14.6 Å². The monoisotopic (exact) mass is 265 g/mol. The zero-order valence-corrected chi connectivity index (χ0v) is 11.7. The third-order valence-electron chi connectivity index (χ3n) is 3.33. The van der Waals surface area contributed by atoms with Gasteiger partial charge in [0, 0.05) is 25.2 Å². The van der Waals surface area contributed by atoms with E-state index < -0.39 is 6.10 Å². The number of hydrogen-bond acceptors (Lipinski definition) is 4. The minimum Gasteiger partial charge on any atom is -0.493 e. The number of nitrogens with zero attached hydrogens (tertiary/aromatic N) is 1. The molecule has 2 rings (SSSR count). The molecule has 1 aliphatic heterocycles. The van der Waals surface area contributed by atoms with Gasteiger partial charge in [0.15, 0.2) is 0 Å². The van der Waals surface area contributed by atoms with Crippen molar-refractivity contribution in [2.45, 2.75) is 26.1 Å². The first-order chi connectivity index (χ1) is 9.20. The van der Waals surface area contributed by atoms with E-state index in [1.54, 1.807) is 0 Å². The molecule has 1 saturated heterocycles. The van der Waals surface area contributed by atoms with Crippen molar-refractivity contribution in [3.05, 3.63) is 29.8 Å². The molecule has 4 heteroatoms. The van der Waals surface area contributed by atoms with Crippen molar-refractivity contribution < 1.29 is 14.6 Å². The van der Waals surface area contributed by atoms with Crippen LogP contribution in [-0.2, 0) is 4.74 Å². The van der Waals surface area contributed by atoms with Crippen LogP contribution in [0.4, 0.5) is 0 Å². The summed E-state index contributed by atoms with van der Waals surface area (Å²) in [7, 11) is 0. The number of rotatable bonds is 5. The smallest absolute Gasteiger partial charge is 0.125 e. The van der Waals surface area contributed by atoms with Crippen LogP contribution in [0, 0.1) is 0 Å². The normalized spacial score (nSPS) is 22.2. The Morgan fingerprint density at radius 2 is 2.26 bits per heavy atom. The van der Waals surface area contributed by atoms with Gasteiger partial charge in [0.05, 0.1) is 25.4 Å². The Morgan fingerprint density at radius 1 is 1.47 bits per heavy atom. The molecule has 1 aliphatic rings. The van der Waals surface area contributed by atoms with Crippen LogP contribution in [-0.4, -0.2) is 49.0 Å². The second kappa shape index (κ2) is 6.89. The van der Waals surface area contributed by atoms with Crippen LogP contribution in [0.5, 0.6) is 5.75 Å². The number of morpholine rings is 1. The summed E-state index contributed by atoms with van der Waals surface area (Å²) < 4.78 is 11.1. The van der Waals surface area contributed by atoms with Crippen molar-refractivity contribution in [1.29, 1.82) is 0 Å². The first kappa shape index (κ1) is 14.3. The second-order valence-electron chi connectivity index (χ2n) is 4.93. The van der Waals surface area contributed by atoms with E-state index in [2.05, 4.69) is 11.8 Å². The van der Waals surface area contributed by atoms with E-state index in [-0.39, 0.29) is 6.10 Å². The van der Waals surface area contributed by atoms with Gasteiger partial charge in [-0.3, -0.25) is 4.90 Å². The van der Waals surface area contributed by atoms with Crippen molar-refractivity contribution in [1.82, 2.24) is 4.90 Å². The molecule has 0 aromatic heterocycles. The predicted molar refractivity (Wildman–Crippen MR) is 74.4 cm³/mol. The summed E-state index contributed by atoms with van der Waals surface area (Å²) in [4.78, 5) is 2.24. The summed E-state index contributed by atoms with van der Waals surface area (Å²) in [5.41, 5.74) is 0.864. The summed E-state index contributed by atoms with van der Waals surface area (Å²) in [6, 6.07) is 7.70. The standard InChI is InChI=1S/C15H23NO3/c1-3-18-15-7-5-4-6-13(15)14(17)11-16-8-9-19-12(2)10-16/h4-7,12,14,17H,3,8-11H2,1-2H3. The van der Waals surface area contributed by atoms with E-state index in [9.17, 15) is 5.11 Å². The molecule has 0 radical (unpaired) electrons. The highest BCUT2D eigenvalue weighted by atomic mass is 16.5. The third kappa shape index (κ3) is 3.93. The topological polar surface area (TPSA) is 41.9 Å². The van der Waals surface area contributed by atoms with Gasteiger partial charge in [-0.15, -0.1) is 0 Å². The molecule has 0 aliphatic carbocycles. The first-order valence-electron chi connectivity index (χ1n) is 6.94. The molecule has 1 heterocycles. The average Bonchev–Trinajstić information content (AvgIpc) is 2.39. The van der Waals surface area contributed by atoms with E-state index in [1.165, 1.54) is 0 Å². The third-order valence-corrected chi connectivity index (χ3v) is 3.33. The zero-order chi connectivity index (χ0) is 13.7. The molecular formula is C15H23NO3. The van der Waals surface area contributed by atoms with Gasteiger partial charge in [0.25, 0.3) is 0 Å². The summed E-state index contributed by atoms with van der Waals surface area (Å²) in [6.07, 6.45) is -0.281. The molecule has 1 aromatic rings. The van der Waals surface area contributed by atoms with Crippen molar-refractivity contribution in [3.63, 3.8) is 0 Å². The summed E-state index contributed by atoms with van der Waals surface area (Å²) in [5.74, 6) is 0.777. The van der Waals surface area contributed by atoms with Crippen LogP contribution < -0.4 is 4.74 Å². The Hall–Kier alpha value is -1.10. The Morgan fingerprint density at radius 3 is 3.00 bits per heavy atom. The molecule has 0 bridgehead atoms. The largest absolute Gasteiger partial charge is 0.493 e.